The first-order valence-corrected chi connectivity index (χ1v) is 4.27. The molecule has 2 rings (SSSR count). The van der Waals surface area contributed by atoms with Crippen molar-refractivity contribution in [2.75, 3.05) is 0 Å². The van der Waals surface area contributed by atoms with Crippen molar-refractivity contribution in [3.8, 4) is 0 Å². The summed E-state index contributed by atoms with van der Waals surface area (Å²) in [6, 6.07) is 7.23. The average molecular weight is 187 g/mol. The van der Waals surface area contributed by atoms with E-state index in [1.165, 1.54) is 0 Å². The maximum Gasteiger partial charge on any atom is 0.199 e. The molecule has 0 saturated heterocycles. The fourth-order valence-electron chi connectivity index (χ4n) is 1.55. The van der Waals surface area contributed by atoms with Gasteiger partial charge in [-0.1, -0.05) is 12.1 Å². The van der Waals surface area contributed by atoms with Gasteiger partial charge in [0.1, 0.15) is 0 Å². The summed E-state index contributed by atoms with van der Waals surface area (Å²) in [6.07, 6.45) is 2.15. The minimum absolute atomic E-state index is 0.200. The first-order chi connectivity index (χ1) is 6.74. The minimum atomic E-state index is -0.200. The van der Waals surface area contributed by atoms with Crippen LogP contribution in [0.4, 0.5) is 0 Å². The molecule has 2 aromatic rings. The van der Waals surface area contributed by atoms with Crippen molar-refractivity contribution in [1.29, 1.82) is 0 Å². The van der Waals surface area contributed by atoms with E-state index in [-0.39, 0.29) is 11.0 Å². The Bertz CT molecular complexity index is 555. The molecule has 0 atom stereocenters. The summed E-state index contributed by atoms with van der Waals surface area (Å²) in [5.74, 6) is 0. The lowest BCUT2D eigenvalue weighted by molar-refractivity contribution is 0.112. The van der Waals surface area contributed by atoms with Gasteiger partial charge in [0, 0.05) is 18.6 Å². The van der Waals surface area contributed by atoms with E-state index in [2.05, 4.69) is 0 Å². The molecular formula is C11H9NO2. The number of rotatable bonds is 1. The van der Waals surface area contributed by atoms with E-state index in [1.807, 2.05) is 19.2 Å². The van der Waals surface area contributed by atoms with Crippen molar-refractivity contribution in [2.45, 2.75) is 0 Å². The van der Waals surface area contributed by atoms with E-state index < -0.39 is 0 Å². The molecule has 0 N–H and O–H groups in total. The molecule has 1 aromatic heterocycles. The second-order valence-corrected chi connectivity index (χ2v) is 3.16. The fourth-order valence-corrected chi connectivity index (χ4v) is 1.55. The second kappa shape index (κ2) is 3.10. The van der Waals surface area contributed by atoms with Gasteiger partial charge in [0.2, 0.25) is 0 Å². The van der Waals surface area contributed by atoms with Crippen molar-refractivity contribution < 1.29 is 4.79 Å². The number of hydrogen-bond donors (Lipinski definition) is 0. The van der Waals surface area contributed by atoms with E-state index in [4.69, 9.17) is 0 Å². The molecule has 0 unspecified atom stereocenters. The van der Waals surface area contributed by atoms with Crippen LogP contribution in [-0.4, -0.2) is 10.9 Å². The Hall–Kier alpha value is -1.90. The molecule has 3 heteroatoms. The van der Waals surface area contributed by atoms with Gasteiger partial charge in [-0.25, -0.2) is 0 Å². The van der Waals surface area contributed by atoms with Crippen molar-refractivity contribution >= 4 is 17.2 Å². The van der Waals surface area contributed by atoms with Crippen LogP contribution in [0, 0.1) is 0 Å². The number of para-hydroxylation sites is 1. The molecule has 0 fully saturated rings. The molecule has 0 aliphatic carbocycles. The predicted octanol–water partition coefficient (Wildman–Crippen LogP) is 1.35. The summed E-state index contributed by atoms with van der Waals surface area (Å²) in [5, 5.41) is 0.583. The lowest BCUT2D eigenvalue weighted by Gasteiger charge is -2.04. The highest BCUT2D eigenvalue weighted by Crippen LogP contribution is 2.08. The highest BCUT2D eigenvalue weighted by atomic mass is 16.1. The van der Waals surface area contributed by atoms with E-state index >= 15 is 0 Å². The van der Waals surface area contributed by atoms with Crippen LogP contribution >= 0.6 is 0 Å². The quantitative estimate of drug-likeness (QED) is 0.632. The molecule has 0 amide bonds. The summed E-state index contributed by atoms with van der Waals surface area (Å²) in [5.41, 5.74) is 0.836. The van der Waals surface area contributed by atoms with Crippen LogP contribution < -0.4 is 5.43 Å². The van der Waals surface area contributed by atoms with Gasteiger partial charge < -0.3 is 4.57 Å². The third-order valence-corrected chi connectivity index (χ3v) is 2.25. The number of aromatic nitrogens is 1. The molecule has 14 heavy (non-hydrogen) atoms. The normalized spacial score (nSPS) is 10.4. The first-order valence-electron chi connectivity index (χ1n) is 4.27. The zero-order valence-electron chi connectivity index (χ0n) is 7.73. The molecule has 0 bridgehead atoms. The molecule has 3 nitrogen and oxygen atoms in total. The largest absolute Gasteiger partial charge is 0.350 e. The number of carbonyl (C=O) groups is 1. The van der Waals surface area contributed by atoms with Crippen molar-refractivity contribution in [3.05, 3.63) is 46.2 Å². The molecule has 0 aliphatic rings. The Labute approximate surface area is 80.6 Å². The summed E-state index contributed by atoms with van der Waals surface area (Å²) in [6.45, 7) is 0. The number of aldehydes is 1. The van der Waals surface area contributed by atoms with E-state index in [9.17, 15) is 9.59 Å². The highest BCUT2D eigenvalue weighted by molar-refractivity contribution is 5.85. The van der Waals surface area contributed by atoms with Crippen LogP contribution in [0.5, 0.6) is 0 Å². The van der Waals surface area contributed by atoms with Gasteiger partial charge >= 0.3 is 0 Å². The van der Waals surface area contributed by atoms with Crippen molar-refractivity contribution in [3.63, 3.8) is 0 Å². The molecule has 0 radical (unpaired) electrons. The van der Waals surface area contributed by atoms with Crippen LogP contribution in [0.25, 0.3) is 10.9 Å². The van der Waals surface area contributed by atoms with Gasteiger partial charge in [-0.15, -0.1) is 0 Å². The number of hydrogen-bond acceptors (Lipinski definition) is 2. The third-order valence-electron chi connectivity index (χ3n) is 2.25. The second-order valence-electron chi connectivity index (χ2n) is 3.16. The van der Waals surface area contributed by atoms with E-state index in [1.54, 1.807) is 22.9 Å². The average Bonchev–Trinajstić information content (AvgIpc) is 2.23. The first kappa shape index (κ1) is 8.69. The molecule has 1 heterocycles. The molecule has 0 saturated carbocycles. The standard InChI is InChI=1S/C11H9NO2/c1-12-6-8(7-13)11(14)9-4-2-3-5-10(9)12/h2-7H,1H3. The van der Waals surface area contributed by atoms with Gasteiger partial charge in [-0.2, -0.15) is 0 Å². The van der Waals surface area contributed by atoms with Crippen LogP contribution in [0.15, 0.2) is 35.3 Å². The van der Waals surface area contributed by atoms with E-state index in [0.717, 1.165) is 5.52 Å². The highest BCUT2D eigenvalue weighted by Gasteiger charge is 2.04. The Morgan fingerprint density at radius 3 is 2.71 bits per heavy atom. The number of aryl methyl sites for hydroxylation is 1. The Morgan fingerprint density at radius 1 is 1.29 bits per heavy atom. The molecule has 70 valence electrons. The maximum absolute atomic E-state index is 11.7. The zero-order chi connectivity index (χ0) is 10.1. The molecule has 0 aliphatic heterocycles. The van der Waals surface area contributed by atoms with Crippen LogP contribution in [0.3, 0.4) is 0 Å². The van der Waals surface area contributed by atoms with Gasteiger partial charge in [0.15, 0.2) is 11.7 Å². The Balaban J connectivity index is 3.02. The number of pyridine rings is 1. The lowest BCUT2D eigenvalue weighted by Crippen LogP contribution is -2.12. The van der Waals surface area contributed by atoms with Gasteiger partial charge in [-0.3, -0.25) is 9.59 Å². The van der Waals surface area contributed by atoms with Crippen molar-refractivity contribution in [2.24, 2.45) is 7.05 Å². The lowest BCUT2D eigenvalue weighted by atomic mass is 10.1. The summed E-state index contributed by atoms with van der Waals surface area (Å²) < 4.78 is 1.78. The molecule has 1 aromatic carbocycles. The minimum Gasteiger partial charge on any atom is -0.350 e. The topological polar surface area (TPSA) is 39.1 Å². The van der Waals surface area contributed by atoms with Crippen LogP contribution in [0.1, 0.15) is 10.4 Å². The Kier molecular flexibility index (Phi) is 1.93. The zero-order valence-corrected chi connectivity index (χ0v) is 7.73. The maximum atomic E-state index is 11.7. The molecule has 0 spiro atoms. The third kappa shape index (κ3) is 1.14. The summed E-state index contributed by atoms with van der Waals surface area (Å²) in [7, 11) is 1.81. The fraction of sp³-hybridized carbons (Fsp3) is 0.0909. The number of carbonyl (C=O) groups excluding carboxylic acids is 1. The number of nitrogens with zero attached hydrogens (tertiary/aromatic N) is 1. The monoisotopic (exact) mass is 187 g/mol. The summed E-state index contributed by atoms with van der Waals surface area (Å²) >= 11 is 0. The predicted molar refractivity (Wildman–Crippen MR) is 54.6 cm³/mol. The van der Waals surface area contributed by atoms with Gasteiger partial charge in [0.05, 0.1) is 11.1 Å². The SMILES string of the molecule is Cn1cc(C=O)c(=O)c2ccccc21. The van der Waals surface area contributed by atoms with Crippen LogP contribution in [-0.2, 0) is 7.05 Å². The number of benzene rings is 1. The smallest absolute Gasteiger partial charge is 0.199 e. The molecular weight excluding hydrogens is 178 g/mol. The van der Waals surface area contributed by atoms with Gasteiger partial charge in [0.25, 0.3) is 0 Å². The Morgan fingerprint density at radius 2 is 2.00 bits per heavy atom. The van der Waals surface area contributed by atoms with Crippen molar-refractivity contribution in [1.82, 2.24) is 4.57 Å². The van der Waals surface area contributed by atoms with Crippen LogP contribution in [0.2, 0.25) is 0 Å². The summed E-state index contributed by atoms with van der Waals surface area (Å²) in [4.78, 5) is 22.3. The van der Waals surface area contributed by atoms with Gasteiger partial charge in [-0.05, 0) is 12.1 Å². The number of fused-ring (bicyclic) bond motifs is 1. The van der Waals surface area contributed by atoms with E-state index in [0.29, 0.717) is 11.7 Å².